The molecule has 0 spiro atoms. The van der Waals surface area contributed by atoms with Crippen LogP contribution in [0.25, 0.3) is 0 Å². The van der Waals surface area contributed by atoms with Gasteiger partial charge in [-0.05, 0) is 36.3 Å². The fourth-order valence-corrected chi connectivity index (χ4v) is 5.20. The van der Waals surface area contributed by atoms with Gasteiger partial charge in [-0.25, -0.2) is 0 Å². The zero-order valence-electron chi connectivity index (χ0n) is 25.4. The van der Waals surface area contributed by atoms with Gasteiger partial charge in [-0.2, -0.15) is 0 Å². The van der Waals surface area contributed by atoms with Crippen LogP contribution in [0.2, 0.25) is 0 Å². The Bertz CT molecular complexity index is 831. The van der Waals surface area contributed by atoms with Gasteiger partial charge in [0.15, 0.2) is 5.11 Å². The normalized spacial score (nSPS) is 13.5. The van der Waals surface area contributed by atoms with Crippen molar-refractivity contribution >= 4 is 25.2 Å². The summed E-state index contributed by atoms with van der Waals surface area (Å²) in [4.78, 5) is 14.2. The van der Waals surface area contributed by atoms with Crippen molar-refractivity contribution in [2.75, 3.05) is 41.0 Å². The zero-order chi connectivity index (χ0) is 29.5. The van der Waals surface area contributed by atoms with Crippen molar-refractivity contribution in [3.05, 3.63) is 29.8 Å². The Morgan fingerprint density at radius 1 is 0.975 bits per heavy atom. The fourth-order valence-electron chi connectivity index (χ4n) is 4.36. The van der Waals surface area contributed by atoms with Crippen molar-refractivity contribution in [2.45, 2.75) is 109 Å². The standard InChI is InChI=1S/C30H55N2O6PS/c1-5-6-7-8-9-10-11-12-13-14-15-16-17-18-22-36-25-29(35-4)26-37-39(33,34)38-28-21-19-20-27(23-28)24-32(3)30(40)31-2/h19-21,23,29H,5-18,22,24-26H2,1-4H3,(H,31,40)(H,33,34)/p-1. The second-order valence-corrected chi connectivity index (χ2v) is 12.1. The van der Waals surface area contributed by atoms with Gasteiger partial charge in [0.05, 0.1) is 13.2 Å². The lowest BCUT2D eigenvalue weighted by molar-refractivity contribution is -0.219. The number of nitrogens with one attached hydrogen (secondary N) is 1. The maximum atomic E-state index is 12.4. The van der Waals surface area contributed by atoms with Crippen molar-refractivity contribution in [3.63, 3.8) is 0 Å². The van der Waals surface area contributed by atoms with E-state index in [2.05, 4.69) is 12.2 Å². The molecule has 0 bridgehead atoms. The molecule has 1 N–H and O–H groups in total. The van der Waals surface area contributed by atoms with Crippen LogP contribution in [-0.4, -0.2) is 57.1 Å². The maximum Gasteiger partial charge on any atom is 0.319 e. The van der Waals surface area contributed by atoms with E-state index in [1.807, 2.05) is 18.0 Å². The third-order valence-corrected chi connectivity index (χ3v) is 8.21. The van der Waals surface area contributed by atoms with Crippen molar-refractivity contribution in [1.29, 1.82) is 0 Å². The minimum atomic E-state index is -4.57. The smallest absolute Gasteiger partial charge is 0.319 e. The molecule has 0 saturated heterocycles. The van der Waals surface area contributed by atoms with Crippen LogP contribution in [-0.2, 0) is 25.1 Å². The van der Waals surface area contributed by atoms with Crippen LogP contribution in [0.15, 0.2) is 24.3 Å². The molecule has 2 atom stereocenters. The van der Waals surface area contributed by atoms with Gasteiger partial charge in [0, 0.05) is 34.4 Å². The van der Waals surface area contributed by atoms with Crippen LogP contribution < -0.4 is 14.7 Å². The van der Waals surface area contributed by atoms with E-state index in [1.54, 1.807) is 25.2 Å². The first-order valence-corrected chi connectivity index (χ1v) is 17.0. The Labute approximate surface area is 249 Å². The minimum Gasteiger partial charge on any atom is -0.746 e. The van der Waals surface area contributed by atoms with E-state index < -0.39 is 13.9 Å². The van der Waals surface area contributed by atoms with Crippen LogP contribution in [0.1, 0.15) is 102 Å². The Kier molecular flexibility index (Phi) is 21.5. The molecular formula is C30H54N2O6PS-. The quantitative estimate of drug-likeness (QED) is 0.0722. The van der Waals surface area contributed by atoms with Crippen molar-refractivity contribution in [2.24, 2.45) is 0 Å². The molecule has 0 aliphatic rings. The number of thiocarbonyl (C=S) groups is 1. The molecule has 1 aromatic rings. The maximum absolute atomic E-state index is 12.4. The van der Waals surface area contributed by atoms with Crippen molar-refractivity contribution in [3.8, 4) is 5.75 Å². The highest BCUT2D eigenvalue weighted by molar-refractivity contribution is 7.80. The summed E-state index contributed by atoms with van der Waals surface area (Å²) < 4.78 is 33.6. The van der Waals surface area contributed by atoms with Gasteiger partial charge < -0.3 is 33.6 Å². The minimum absolute atomic E-state index is 0.172. The monoisotopic (exact) mass is 601 g/mol. The average molecular weight is 602 g/mol. The summed E-state index contributed by atoms with van der Waals surface area (Å²) in [6.07, 6.45) is 17.9. The molecule has 0 fully saturated rings. The largest absolute Gasteiger partial charge is 0.746 e. The highest BCUT2D eigenvalue weighted by Crippen LogP contribution is 2.40. The van der Waals surface area contributed by atoms with E-state index >= 15 is 0 Å². The van der Waals surface area contributed by atoms with Gasteiger partial charge in [0.2, 0.25) is 0 Å². The summed E-state index contributed by atoms with van der Waals surface area (Å²) in [5, 5.41) is 3.49. The fraction of sp³-hybridized carbons (Fsp3) is 0.767. The first kappa shape index (κ1) is 36.8. The topological polar surface area (TPSA) is 92.3 Å². The van der Waals surface area contributed by atoms with Crippen LogP contribution >= 0.6 is 20.0 Å². The summed E-state index contributed by atoms with van der Waals surface area (Å²) in [7, 11) is 0.536. The molecule has 1 rings (SSSR count). The molecule has 0 aliphatic carbocycles. The first-order valence-electron chi connectivity index (χ1n) is 15.1. The summed E-state index contributed by atoms with van der Waals surface area (Å²) in [6, 6.07) is 6.82. The van der Waals surface area contributed by atoms with Gasteiger partial charge in [-0.15, -0.1) is 0 Å². The molecular weight excluding hydrogens is 547 g/mol. The van der Waals surface area contributed by atoms with Crippen LogP contribution in [0, 0.1) is 0 Å². The number of methoxy groups -OCH3 is 1. The number of nitrogens with zero attached hydrogens (tertiary/aromatic N) is 1. The molecule has 40 heavy (non-hydrogen) atoms. The SMILES string of the molecule is CCCCCCCCCCCCCCCCOCC(COP(=O)([O-])Oc1cccc(CN(C)C(=S)NC)c1)OC. The third-order valence-electron chi connectivity index (χ3n) is 6.79. The Hall–Kier alpha value is -1.22. The number of benzene rings is 1. The predicted octanol–water partition coefficient (Wildman–Crippen LogP) is 7.00. The summed E-state index contributed by atoms with van der Waals surface area (Å²) >= 11 is 5.21. The highest BCUT2D eigenvalue weighted by atomic mass is 32.1. The number of phosphoric acid groups is 1. The van der Waals surface area contributed by atoms with E-state index in [0.29, 0.717) is 18.3 Å². The lowest BCUT2D eigenvalue weighted by atomic mass is 10.0. The molecule has 232 valence electrons. The van der Waals surface area contributed by atoms with E-state index in [9.17, 15) is 9.46 Å². The summed E-state index contributed by atoms with van der Waals surface area (Å²) in [6.45, 7) is 3.49. The number of rotatable bonds is 25. The zero-order valence-corrected chi connectivity index (χ0v) is 27.1. The second kappa shape index (κ2) is 23.4. The molecule has 8 nitrogen and oxygen atoms in total. The molecule has 2 unspecified atom stereocenters. The molecule has 0 radical (unpaired) electrons. The van der Waals surface area contributed by atoms with Gasteiger partial charge in [-0.1, -0.05) is 103 Å². The number of hydrogen-bond acceptors (Lipinski definition) is 7. The molecule has 0 aliphatic heterocycles. The predicted molar refractivity (Wildman–Crippen MR) is 166 cm³/mol. The van der Waals surface area contributed by atoms with Gasteiger partial charge in [0.25, 0.3) is 0 Å². The third kappa shape index (κ3) is 19.0. The van der Waals surface area contributed by atoms with E-state index in [0.717, 1.165) is 18.4 Å². The molecule has 0 aromatic heterocycles. The van der Waals surface area contributed by atoms with Crippen LogP contribution in [0.3, 0.4) is 0 Å². The summed E-state index contributed by atoms with van der Waals surface area (Å²) in [5.41, 5.74) is 0.851. The molecule has 1 aromatic carbocycles. The van der Waals surface area contributed by atoms with E-state index in [1.165, 1.54) is 84.2 Å². The number of ether oxygens (including phenoxy) is 2. The number of phosphoric ester groups is 1. The van der Waals surface area contributed by atoms with E-state index in [4.69, 9.17) is 30.7 Å². The molecule has 0 saturated carbocycles. The Balaban J connectivity index is 2.13. The van der Waals surface area contributed by atoms with E-state index in [-0.39, 0.29) is 19.0 Å². The average Bonchev–Trinajstić information content (AvgIpc) is 2.93. The van der Waals surface area contributed by atoms with Crippen LogP contribution in [0.5, 0.6) is 5.75 Å². The van der Waals surface area contributed by atoms with Crippen molar-refractivity contribution in [1.82, 2.24) is 10.2 Å². The van der Waals surface area contributed by atoms with Crippen molar-refractivity contribution < 1.29 is 28.0 Å². The van der Waals surface area contributed by atoms with Crippen LogP contribution in [0.4, 0.5) is 0 Å². The highest BCUT2D eigenvalue weighted by Gasteiger charge is 2.17. The molecule has 10 heteroatoms. The number of hydrogen-bond donors (Lipinski definition) is 1. The second-order valence-electron chi connectivity index (χ2n) is 10.4. The molecule has 0 amide bonds. The lowest BCUT2D eigenvalue weighted by Crippen LogP contribution is -2.34. The van der Waals surface area contributed by atoms with Gasteiger partial charge in [-0.3, -0.25) is 4.57 Å². The Morgan fingerprint density at radius 3 is 2.10 bits per heavy atom. The van der Waals surface area contributed by atoms with Gasteiger partial charge >= 0.3 is 7.82 Å². The Morgan fingerprint density at radius 2 is 1.55 bits per heavy atom. The first-order chi connectivity index (χ1) is 19.3. The molecule has 0 heterocycles. The van der Waals surface area contributed by atoms with Gasteiger partial charge in [0.1, 0.15) is 11.9 Å². The summed E-state index contributed by atoms with van der Waals surface area (Å²) in [5.74, 6) is 0.183. The lowest BCUT2D eigenvalue weighted by Gasteiger charge is -2.26. The number of unbranched alkanes of at least 4 members (excludes halogenated alkanes) is 13.